The zero-order valence-corrected chi connectivity index (χ0v) is 19.2. The van der Waals surface area contributed by atoms with E-state index in [1.807, 2.05) is 25.1 Å². The number of carbonyl (C=O) groups is 2. The van der Waals surface area contributed by atoms with Crippen molar-refractivity contribution >= 4 is 29.1 Å². The van der Waals surface area contributed by atoms with Crippen LogP contribution >= 0.6 is 11.6 Å². The Bertz CT molecular complexity index is 748. The Morgan fingerprint density at radius 3 is 2.60 bits per heavy atom. The first-order valence-corrected chi connectivity index (χ1v) is 11.5. The van der Waals surface area contributed by atoms with Crippen molar-refractivity contribution in [3.05, 3.63) is 29.3 Å². The number of hydrogen-bond acceptors (Lipinski definition) is 4. The Kier molecular flexibility index (Phi) is 7.64. The van der Waals surface area contributed by atoms with Gasteiger partial charge in [0.05, 0.1) is 0 Å². The summed E-state index contributed by atoms with van der Waals surface area (Å²) in [5.74, 6) is 0.624. The molecule has 30 heavy (non-hydrogen) atoms. The lowest BCUT2D eigenvalue weighted by molar-refractivity contribution is -0.140. The predicted octanol–water partition coefficient (Wildman–Crippen LogP) is 3.01. The predicted molar refractivity (Wildman–Crippen MR) is 122 cm³/mol. The third kappa shape index (κ3) is 5.46. The smallest absolute Gasteiger partial charge is 0.245 e. The van der Waals surface area contributed by atoms with Crippen molar-refractivity contribution in [2.45, 2.75) is 45.6 Å². The van der Waals surface area contributed by atoms with E-state index < -0.39 is 5.54 Å². The topological polar surface area (TPSA) is 55.9 Å². The van der Waals surface area contributed by atoms with Crippen LogP contribution in [-0.4, -0.2) is 73.0 Å². The lowest BCUT2D eigenvalue weighted by Crippen LogP contribution is -2.57. The zero-order valence-electron chi connectivity index (χ0n) is 18.5. The molecule has 166 valence electrons. The van der Waals surface area contributed by atoms with Crippen molar-refractivity contribution < 1.29 is 9.59 Å². The summed E-state index contributed by atoms with van der Waals surface area (Å²) in [5, 5.41) is 3.81. The zero-order chi connectivity index (χ0) is 21.7. The molecule has 2 amide bonds. The first-order valence-electron chi connectivity index (χ1n) is 11.1. The lowest BCUT2D eigenvalue weighted by Gasteiger charge is -2.39. The molecule has 2 heterocycles. The van der Waals surface area contributed by atoms with Gasteiger partial charge in [-0.1, -0.05) is 31.5 Å². The number of anilines is 1. The van der Waals surface area contributed by atoms with Crippen LogP contribution in [0.25, 0.3) is 0 Å². The minimum Gasteiger partial charge on any atom is -0.369 e. The standard InChI is InChI=1S/C23H35ClN4O2/c1-18(2)8-10-25-22(30)23(3)9-7-21(29)28(23)16-13-26-11-14-27(15-12-26)20-6-4-5-19(24)17-20/h4-6,17-18H,7-16H2,1-3H3,(H,25,30)/t23-/m1/s1. The van der Waals surface area contributed by atoms with E-state index in [2.05, 4.69) is 35.0 Å². The van der Waals surface area contributed by atoms with E-state index in [4.69, 9.17) is 11.6 Å². The normalized spacial score (nSPS) is 22.8. The monoisotopic (exact) mass is 434 g/mol. The summed E-state index contributed by atoms with van der Waals surface area (Å²) in [6.45, 7) is 12.0. The highest BCUT2D eigenvalue weighted by molar-refractivity contribution is 6.30. The van der Waals surface area contributed by atoms with Crippen LogP contribution in [-0.2, 0) is 9.59 Å². The van der Waals surface area contributed by atoms with Crippen molar-refractivity contribution in [3.8, 4) is 0 Å². The molecule has 1 aromatic rings. The number of amides is 2. The van der Waals surface area contributed by atoms with Gasteiger partial charge in [0.2, 0.25) is 11.8 Å². The highest BCUT2D eigenvalue weighted by atomic mass is 35.5. The second-order valence-electron chi connectivity index (χ2n) is 9.07. The Hall–Kier alpha value is -1.79. The molecule has 0 unspecified atom stereocenters. The molecule has 3 rings (SSSR count). The third-order valence-corrected chi connectivity index (χ3v) is 6.64. The number of piperazine rings is 1. The molecule has 7 heteroatoms. The number of carbonyl (C=O) groups excluding carboxylic acids is 2. The maximum atomic E-state index is 12.8. The summed E-state index contributed by atoms with van der Waals surface area (Å²) in [6, 6.07) is 7.97. The second-order valence-corrected chi connectivity index (χ2v) is 9.50. The Labute approximate surface area is 185 Å². The molecule has 0 radical (unpaired) electrons. The van der Waals surface area contributed by atoms with Gasteiger partial charge < -0.3 is 15.1 Å². The highest BCUT2D eigenvalue weighted by Gasteiger charge is 2.46. The largest absolute Gasteiger partial charge is 0.369 e. The van der Waals surface area contributed by atoms with Gasteiger partial charge in [-0.15, -0.1) is 0 Å². The van der Waals surface area contributed by atoms with Gasteiger partial charge >= 0.3 is 0 Å². The van der Waals surface area contributed by atoms with E-state index in [-0.39, 0.29) is 11.8 Å². The average Bonchev–Trinajstić information content (AvgIpc) is 3.01. The molecule has 2 aliphatic heterocycles. The van der Waals surface area contributed by atoms with Crippen molar-refractivity contribution in [2.24, 2.45) is 5.92 Å². The Morgan fingerprint density at radius 2 is 1.93 bits per heavy atom. The van der Waals surface area contributed by atoms with Gasteiger partial charge in [0.15, 0.2) is 0 Å². The Balaban J connectivity index is 1.50. The van der Waals surface area contributed by atoms with E-state index in [0.29, 0.717) is 31.8 Å². The molecule has 0 spiro atoms. The molecule has 2 aliphatic rings. The van der Waals surface area contributed by atoms with Crippen molar-refractivity contribution in [1.82, 2.24) is 15.1 Å². The summed E-state index contributed by atoms with van der Waals surface area (Å²) in [7, 11) is 0. The van der Waals surface area contributed by atoms with Crippen LogP contribution in [0.15, 0.2) is 24.3 Å². The van der Waals surface area contributed by atoms with Gasteiger partial charge in [0.1, 0.15) is 5.54 Å². The second kappa shape index (κ2) is 10.0. The molecule has 2 saturated heterocycles. The summed E-state index contributed by atoms with van der Waals surface area (Å²) >= 11 is 6.12. The number of hydrogen-bond donors (Lipinski definition) is 1. The van der Waals surface area contributed by atoms with E-state index >= 15 is 0 Å². The fourth-order valence-electron chi connectivity index (χ4n) is 4.31. The molecule has 0 aliphatic carbocycles. The number of benzene rings is 1. The third-order valence-electron chi connectivity index (χ3n) is 6.40. The van der Waals surface area contributed by atoms with Gasteiger partial charge in [-0.05, 0) is 43.9 Å². The SMILES string of the molecule is CC(C)CCNC(=O)[C@@]1(C)CCC(=O)N1CCN1CCN(c2cccc(Cl)c2)CC1. The minimum atomic E-state index is -0.726. The van der Waals surface area contributed by atoms with Gasteiger partial charge in [-0.3, -0.25) is 14.5 Å². The molecular formula is C23H35ClN4O2. The van der Waals surface area contributed by atoms with Crippen LogP contribution in [0.3, 0.4) is 0 Å². The van der Waals surface area contributed by atoms with Gasteiger partial charge in [0, 0.05) is 62.9 Å². The van der Waals surface area contributed by atoms with Gasteiger partial charge in [0.25, 0.3) is 0 Å². The summed E-state index contributed by atoms with van der Waals surface area (Å²) in [4.78, 5) is 31.9. The molecule has 0 saturated carbocycles. The summed E-state index contributed by atoms with van der Waals surface area (Å²) in [5.41, 5.74) is 0.430. The van der Waals surface area contributed by atoms with Crippen LogP contribution < -0.4 is 10.2 Å². The first kappa shape index (κ1) is 22.9. The van der Waals surface area contributed by atoms with Crippen LogP contribution in [0, 0.1) is 5.92 Å². The molecule has 1 aromatic carbocycles. The minimum absolute atomic E-state index is 0.0141. The highest BCUT2D eigenvalue weighted by Crippen LogP contribution is 2.30. The van der Waals surface area contributed by atoms with Crippen molar-refractivity contribution in [3.63, 3.8) is 0 Å². The first-order chi connectivity index (χ1) is 14.3. The van der Waals surface area contributed by atoms with Crippen molar-refractivity contribution in [2.75, 3.05) is 50.7 Å². The number of likely N-dealkylation sites (tertiary alicyclic amines) is 1. The lowest BCUT2D eigenvalue weighted by atomic mass is 9.97. The molecular weight excluding hydrogens is 400 g/mol. The quantitative estimate of drug-likeness (QED) is 0.683. The van der Waals surface area contributed by atoms with Gasteiger partial charge in [-0.2, -0.15) is 0 Å². The van der Waals surface area contributed by atoms with E-state index in [9.17, 15) is 9.59 Å². The molecule has 1 N–H and O–H groups in total. The fourth-order valence-corrected chi connectivity index (χ4v) is 4.50. The molecule has 0 bridgehead atoms. The summed E-state index contributed by atoms with van der Waals surface area (Å²) in [6.07, 6.45) is 2.01. The van der Waals surface area contributed by atoms with E-state index in [1.165, 1.54) is 0 Å². The number of halogens is 1. The maximum absolute atomic E-state index is 12.8. The molecule has 2 fully saturated rings. The average molecular weight is 435 g/mol. The van der Waals surface area contributed by atoms with Crippen LogP contribution in [0.4, 0.5) is 5.69 Å². The van der Waals surface area contributed by atoms with Crippen LogP contribution in [0.1, 0.15) is 40.0 Å². The molecule has 1 atom stereocenters. The van der Waals surface area contributed by atoms with Crippen LogP contribution in [0.5, 0.6) is 0 Å². The Morgan fingerprint density at radius 1 is 1.20 bits per heavy atom. The fraction of sp³-hybridized carbons (Fsp3) is 0.652. The van der Waals surface area contributed by atoms with Crippen molar-refractivity contribution in [1.29, 1.82) is 0 Å². The van der Waals surface area contributed by atoms with E-state index in [0.717, 1.165) is 49.9 Å². The van der Waals surface area contributed by atoms with Gasteiger partial charge in [-0.25, -0.2) is 0 Å². The number of nitrogens with one attached hydrogen (secondary N) is 1. The number of rotatable bonds is 8. The molecule has 6 nitrogen and oxygen atoms in total. The number of nitrogens with zero attached hydrogens (tertiary/aromatic N) is 3. The maximum Gasteiger partial charge on any atom is 0.245 e. The molecule has 0 aromatic heterocycles. The summed E-state index contributed by atoms with van der Waals surface area (Å²) < 4.78 is 0. The van der Waals surface area contributed by atoms with Crippen LogP contribution in [0.2, 0.25) is 5.02 Å². The van der Waals surface area contributed by atoms with E-state index in [1.54, 1.807) is 4.90 Å².